The van der Waals surface area contributed by atoms with Crippen molar-refractivity contribution in [2.45, 2.75) is 25.4 Å². The molecule has 36 heavy (non-hydrogen) atoms. The largest absolute Gasteiger partial charge is 0.480 e. The number of fused-ring (bicyclic) bond motifs is 1. The molecule has 0 unspecified atom stereocenters. The molecule has 1 aromatic carbocycles. The molecule has 2 aliphatic heterocycles. The summed E-state index contributed by atoms with van der Waals surface area (Å²) in [6.45, 7) is 3.58. The molecule has 4 heterocycles. The minimum absolute atomic E-state index is 0.0285. The predicted octanol–water partition coefficient (Wildman–Crippen LogP) is 3.81. The van der Waals surface area contributed by atoms with Crippen LogP contribution >= 0.6 is 34.5 Å². The van der Waals surface area contributed by atoms with Crippen molar-refractivity contribution in [1.29, 1.82) is 0 Å². The van der Waals surface area contributed by atoms with Crippen molar-refractivity contribution >= 4 is 68.4 Å². The van der Waals surface area contributed by atoms with Gasteiger partial charge in [-0.05, 0) is 48.5 Å². The van der Waals surface area contributed by atoms with Crippen molar-refractivity contribution in [3.8, 4) is 0 Å². The first-order chi connectivity index (χ1) is 17.4. The third-order valence-corrected chi connectivity index (χ3v) is 8.15. The van der Waals surface area contributed by atoms with Gasteiger partial charge in [-0.15, -0.1) is 11.3 Å². The number of aromatic nitrogens is 2. The predicted molar refractivity (Wildman–Crippen MR) is 142 cm³/mol. The number of nitrogens with one attached hydrogen (secondary N) is 1. The Labute approximate surface area is 222 Å². The van der Waals surface area contributed by atoms with Gasteiger partial charge in [-0.1, -0.05) is 29.3 Å². The molecule has 0 radical (unpaired) electrons. The Kier molecular flexibility index (Phi) is 7.47. The number of carboxylic acid groups (broad SMARTS) is 1. The third-order valence-electron chi connectivity index (χ3n) is 6.66. The number of carbonyl (C=O) groups excluding carboxylic acids is 1. The summed E-state index contributed by atoms with van der Waals surface area (Å²) in [6.07, 6.45) is 1.40. The van der Waals surface area contributed by atoms with E-state index in [9.17, 15) is 14.7 Å². The lowest BCUT2D eigenvalue weighted by atomic mass is 10.2. The molecule has 0 bridgehead atoms. The highest BCUT2D eigenvalue weighted by Crippen LogP contribution is 2.30. The van der Waals surface area contributed by atoms with Gasteiger partial charge in [0.15, 0.2) is 0 Å². The van der Waals surface area contributed by atoms with Crippen LogP contribution in [0, 0.1) is 0 Å². The zero-order valence-corrected chi connectivity index (χ0v) is 21.8. The van der Waals surface area contributed by atoms with Gasteiger partial charge in [0.1, 0.15) is 11.9 Å². The Morgan fingerprint density at radius 3 is 2.67 bits per heavy atom. The number of hydrogen-bond acceptors (Lipinski definition) is 8. The van der Waals surface area contributed by atoms with Gasteiger partial charge in [0.2, 0.25) is 11.9 Å². The first kappa shape index (κ1) is 25.0. The molecule has 0 aliphatic carbocycles. The van der Waals surface area contributed by atoms with Gasteiger partial charge in [0, 0.05) is 42.8 Å². The van der Waals surface area contributed by atoms with Gasteiger partial charge < -0.3 is 20.2 Å². The normalized spacial score (nSPS) is 18.7. The maximum Gasteiger partial charge on any atom is 0.320 e. The fourth-order valence-electron chi connectivity index (χ4n) is 4.68. The number of halogens is 2. The van der Waals surface area contributed by atoms with Gasteiger partial charge in [-0.2, -0.15) is 4.98 Å². The Hall–Kier alpha value is -2.66. The lowest BCUT2D eigenvalue weighted by Crippen LogP contribution is -2.52. The fraction of sp³-hybridized carbons (Fsp3) is 0.417. The second-order valence-corrected chi connectivity index (χ2v) is 10.7. The summed E-state index contributed by atoms with van der Waals surface area (Å²) in [4.78, 5) is 39.5. The maximum atomic E-state index is 12.8. The van der Waals surface area contributed by atoms with Gasteiger partial charge in [-0.3, -0.25) is 14.5 Å². The smallest absolute Gasteiger partial charge is 0.320 e. The highest BCUT2D eigenvalue weighted by Gasteiger charge is 2.33. The number of hydrogen-bond donors (Lipinski definition) is 2. The molecule has 2 aliphatic rings. The van der Waals surface area contributed by atoms with Crippen molar-refractivity contribution in [1.82, 2.24) is 19.8 Å². The van der Waals surface area contributed by atoms with Crippen LogP contribution in [-0.2, 0) is 16.1 Å². The topological polar surface area (TPSA) is 102 Å². The molecule has 12 heteroatoms. The Balaban J connectivity index is 1.24. The fourth-order valence-corrected chi connectivity index (χ4v) is 5.95. The molecular weight excluding hydrogens is 523 g/mol. The van der Waals surface area contributed by atoms with Gasteiger partial charge in [0.05, 0.1) is 16.8 Å². The van der Waals surface area contributed by atoms with Crippen molar-refractivity contribution in [3.05, 3.63) is 45.3 Å². The van der Waals surface area contributed by atoms with Crippen LogP contribution in [0.1, 0.15) is 18.4 Å². The van der Waals surface area contributed by atoms with Crippen LogP contribution in [0.25, 0.3) is 10.2 Å². The molecule has 2 N–H and O–H groups in total. The summed E-state index contributed by atoms with van der Waals surface area (Å²) >= 11 is 13.9. The lowest BCUT2D eigenvalue weighted by molar-refractivity contribution is -0.143. The molecular formula is C24H26Cl2N6O3S. The van der Waals surface area contributed by atoms with Gasteiger partial charge in [-0.25, -0.2) is 4.98 Å². The molecule has 2 saturated heterocycles. The Morgan fingerprint density at radius 2 is 1.92 bits per heavy atom. The van der Waals surface area contributed by atoms with Crippen molar-refractivity contribution < 1.29 is 14.7 Å². The summed E-state index contributed by atoms with van der Waals surface area (Å²) < 4.78 is 0.969. The second-order valence-electron chi connectivity index (χ2n) is 8.93. The molecule has 3 aromatic rings. The highest BCUT2D eigenvalue weighted by atomic mass is 35.5. The zero-order valence-electron chi connectivity index (χ0n) is 19.5. The summed E-state index contributed by atoms with van der Waals surface area (Å²) in [5.41, 5.74) is 1.78. The average molecular weight is 549 g/mol. The number of carboxylic acids is 1. The van der Waals surface area contributed by atoms with E-state index < -0.39 is 12.0 Å². The SMILES string of the molecule is O=C(O)[C@@H]1CCCN1CC(=O)N1CCN(c2nc(NCc3ccc(Cl)cc3Cl)c3sccc3n2)CC1. The monoisotopic (exact) mass is 548 g/mol. The van der Waals surface area contributed by atoms with E-state index in [0.717, 1.165) is 28.0 Å². The van der Waals surface area contributed by atoms with Crippen molar-refractivity contribution in [2.24, 2.45) is 0 Å². The quantitative estimate of drug-likeness (QED) is 0.459. The number of nitrogens with zero attached hydrogens (tertiary/aromatic N) is 5. The Morgan fingerprint density at radius 1 is 1.11 bits per heavy atom. The Bertz CT molecular complexity index is 1280. The molecule has 5 rings (SSSR count). The van der Waals surface area contributed by atoms with Crippen LogP contribution in [0.4, 0.5) is 11.8 Å². The summed E-state index contributed by atoms with van der Waals surface area (Å²) in [6, 6.07) is 6.83. The van der Waals surface area contributed by atoms with Gasteiger partial charge >= 0.3 is 5.97 Å². The summed E-state index contributed by atoms with van der Waals surface area (Å²) in [7, 11) is 0. The van der Waals surface area contributed by atoms with E-state index in [1.807, 2.05) is 23.6 Å². The van der Waals surface area contributed by atoms with E-state index in [1.54, 1.807) is 27.2 Å². The van der Waals surface area contributed by atoms with Crippen molar-refractivity contribution in [2.75, 3.05) is 49.5 Å². The molecule has 2 aromatic heterocycles. The highest BCUT2D eigenvalue weighted by molar-refractivity contribution is 7.17. The van der Waals surface area contributed by atoms with Crippen LogP contribution in [-0.4, -0.2) is 82.1 Å². The van der Waals surface area contributed by atoms with Crippen LogP contribution < -0.4 is 10.2 Å². The molecule has 0 saturated carbocycles. The minimum Gasteiger partial charge on any atom is -0.480 e. The third kappa shape index (κ3) is 5.36. The van der Waals surface area contributed by atoms with Gasteiger partial charge in [0.25, 0.3) is 0 Å². The van der Waals surface area contributed by atoms with E-state index in [4.69, 9.17) is 33.2 Å². The van der Waals surface area contributed by atoms with Crippen LogP contribution in [0.3, 0.4) is 0 Å². The lowest BCUT2D eigenvalue weighted by Gasteiger charge is -2.36. The maximum absolute atomic E-state index is 12.8. The molecule has 2 fully saturated rings. The molecule has 190 valence electrons. The molecule has 1 atom stereocenters. The number of anilines is 2. The average Bonchev–Trinajstić information content (AvgIpc) is 3.53. The van der Waals surface area contributed by atoms with Crippen LogP contribution in [0.5, 0.6) is 0 Å². The second kappa shape index (κ2) is 10.8. The number of benzene rings is 1. The standard InChI is InChI=1S/C24H26Cl2N6O3S/c25-16-4-3-15(17(26)12-16)13-27-22-21-18(5-11-36-21)28-24(29-22)31-9-7-30(8-10-31)20(33)14-32-6-1-2-19(32)23(34)35/h3-5,11-12,19H,1-2,6-10,13-14H2,(H,34,35)(H,27,28,29)/t19-/m0/s1. The first-order valence-corrected chi connectivity index (χ1v) is 13.5. The van der Waals surface area contributed by atoms with E-state index >= 15 is 0 Å². The number of rotatable bonds is 7. The zero-order chi connectivity index (χ0) is 25.2. The van der Waals surface area contributed by atoms with E-state index in [-0.39, 0.29) is 12.5 Å². The van der Waals surface area contributed by atoms with Crippen LogP contribution in [0.2, 0.25) is 10.0 Å². The number of amides is 1. The minimum atomic E-state index is -0.853. The summed E-state index contributed by atoms with van der Waals surface area (Å²) in [5.74, 6) is 0.472. The number of aliphatic carboxylic acids is 1. The number of likely N-dealkylation sites (tertiary alicyclic amines) is 1. The molecule has 1 amide bonds. The number of carbonyl (C=O) groups is 2. The van der Waals surface area contributed by atoms with Crippen LogP contribution in [0.15, 0.2) is 29.6 Å². The van der Waals surface area contributed by atoms with E-state index in [2.05, 4.69) is 10.2 Å². The number of thiophene rings is 1. The van der Waals surface area contributed by atoms with Crippen molar-refractivity contribution in [3.63, 3.8) is 0 Å². The van der Waals surface area contributed by atoms with E-state index in [1.165, 1.54) is 0 Å². The molecule has 9 nitrogen and oxygen atoms in total. The molecule has 0 spiro atoms. The van der Waals surface area contributed by atoms with E-state index in [0.29, 0.717) is 61.7 Å². The summed E-state index contributed by atoms with van der Waals surface area (Å²) in [5, 5.41) is 15.9. The number of piperazine rings is 1. The first-order valence-electron chi connectivity index (χ1n) is 11.8.